The van der Waals surface area contributed by atoms with Crippen LogP contribution in [0, 0.1) is 11.8 Å². The van der Waals surface area contributed by atoms with Gasteiger partial charge in [0.1, 0.15) is 0 Å². The van der Waals surface area contributed by atoms with Crippen molar-refractivity contribution in [2.45, 2.75) is 25.7 Å². The second kappa shape index (κ2) is 6.20. The lowest BCUT2D eigenvalue weighted by atomic mass is 9.80. The molecule has 1 aliphatic rings. The van der Waals surface area contributed by atoms with Gasteiger partial charge in [0.2, 0.25) is 5.91 Å². The van der Waals surface area contributed by atoms with E-state index in [1.165, 1.54) is 12.8 Å². The maximum Gasteiger partial charge on any atom is 0.227 e. The third-order valence-electron chi connectivity index (χ3n) is 3.49. The Hall–Kier alpha value is -0.830. The molecule has 1 fully saturated rings. The number of rotatable bonds is 3. The Kier molecular flexibility index (Phi) is 4.60. The number of benzene rings is 1. The summed E-state index contributed by atoms with van der Waals surface area (Å²) in [5.41, 5.74) is 0.899. The van der Waals surface area contributed by atoms with Gasteiger partial charge in [-0.05, 0) is 30.9 Å². The number of halogens is 1. The number of anilines is 1. The Labute approximate surface area is 111 Å². The van der Waals surface area contributed by atoms with E-state index in [2.05, 4.69) is 21.2 Å². The molecular weight excluding hydrogens is 278 g/mol. The van der Waals surface area contributed by atoms with E-state index in [0.717, 1.165) is 23.9 Å². The predicted octanol–water partition coefficient (Wildman–Crippen LogP) is 3.83. The molecule has 17 heavy (non-hydrogen) atoms. The van der Waals surface area contributed by atoms with Crippen LogP contribution in [-0.2, 0) is 4.79 Å². The highest BCUT2D eigenvalue weighted by molar-refractivity contribution is 9.09. The monoisotopic (exact) mass is 295 g/mol. The van der Waals surface area contributed by atoms with E-state index in [9.17, 15) is 4.79 Å². The Morgan fingerprint density at radius 3 is 2.65 bits per heavy atom. The Morgan fingerprint density at radius 1 is 1.24 bits per heavy atom. The van der Waals surface area contributed by atoms with Crippen LogP contribution in [-0.4, -0.2) is 11.2 Å². The van der Waals surface area contributed by atoms with E-state index in [4.69, 9.17) is 0 Å². The number of hydrogen-bond acceptors (Lipinski definition) is 1. The zero-order valence-electron chi connectivity index (χ0n) is 9.86. The summed E-state index contributed by atoms with van der Waals surface area (Å²) in [5.74, 6) is 0.844. The normalized spacial score (nSPS) is 24.3. The van der Waals surface area contributed by atoms with Gasteiger partial charge in [-0.1, -0.05) is 47.0 Å². The van der Waals surface area contributed by atoms with E-state index in [1.807, 2.05) is 30.3 Å². The van der Waals surface area contributed by atoms with Crippen LogP contribution in [0.2, 0.25) is 0 Å². The summed E-state index contributed by atoms with van der Waals surface area (Å²) in [6.45, 7) is 0. The fourth-order valence-corrected chi connectivity index (χ4v) is 3.27. The maximum atomic E-state index is 12.2. The highest BCUT2D eigenvalue weighted by Crippen LogP contribution is 2.32. The second-order valence-corrected chi connectivity index (χ2v) is 5.31. The number of nitrogens with one attached hydrogen (secondary N) is 1. The van der Waals surface area contributed by atoms with Gasteiger partial charge in [-0.15, -0.1) is 0 Å². The van der Waals surface area contributed by atoms with Gasteiger partial charge in [-0.25, -0.2) is 0 Å². The number of hydrogen-bond donors (Lipinski definition) is 1. The van der Waals surface area contributed by atoms with Gasteiger partial charge in [-0.3, -0.25) is 4.79 Å². The summed E-state index contributed by atoms with van der Waals surface area (Å²) in [6.07, 6.45) is 4.62. The first-order chi connectivity index (χ1) is 8.31. The zero-order valence-corrected chi connectivity index (χ0v) is 11.4. The lowest BCUT2D eigenvalue weighted by Crippen LogP contribution is -2.32. The third-order valence-corrected chi connectivity index (χ3v) is 4.32. The third kappa shape index (κ3) is 3.32. The molecule has 1 N–H and O–H groups in total. The van der Waals surface area contributed by atoms with Crippen molar-refractivity contribution in [3.05, 3.63) is 30.3 Å². The number of alkyl halides is 1. The summed E-state index contributed by atoms with van der Waals surface area (Å²) < 4.78 is 0. The SMILES string of the molecule is O=C(Nc1ccccc1)C1CCCCC1CBr. The molecular formula is C14H18BrNO. The first-order valence-corrected chi connectivity index (χ1v) is 7.35. The summed E-state index contributed by atoms with van der Waals surface area (Å²) in [4.78, 5) is 12.2. The standard InChI is InChI=1S/C14H18BrNO/c15-10-11-6-4-5-9-13(11)14(17)16-12-7-2-1-3-8-12/h1-3,7-8,11,13H,4-6,9-10H2,(H,16,17). The molecule has 0 aliphatic heterocycles. The van der Waals surface area contributed by atoms with Crippen molar-refractivity contribution in [1.29, 1.82) is 0 Å². The largest absolute Gasteiger partial charge is 0.326 e. The molecule has 0 aromatic heterocycles. The molecule has 92 valence electrons. The van der Waals surface area contributed by atoms with Crippen LogP contribution in [0.4, 0.5) is 5.69 Å². The number of carbonyl (C=O) groups excluding carboxylic acids is 1. The van der Waals surface area contributed by atoms with Crippen LogP contribution in [0.25, 0.3) is 0 Å². The van der Waals surface area contributed by atoms with Gasteiger partial charge in [0.25, 0.3) is 0 Å². The van der Waals surface area contributed by atoms with Crippen LogP contribution in [0.15, 0.2) is 30.3 Å². The average molecular weight is 296 g/mol. The predicted molar refractivity (Wildman–Crippen MR) is 74.3 cm³/mol. The topological polar surface area (TPSA) is 29.1 Å². The van der Waals surface area contributed by atoms with Crippen LogP contribution in [0.1, 0.15) is 25.7 Å². The molecule has 1 aliphatic carbocycles. The lowest BCUT2D eigenvalue weighted by Gasteiger charge is -2.29. The quantitative estimate of drug-likeness (QED) is 0.844. The Bertz CT molecular complexity index is 366. The van der Waals surface area contributed by atoms with Crippen LogP contribution >= 0.6 is 15.9 Å². The summed E-state index contributed by atoms with van der Waals surface area (Å²) in [5, 5.41) is 3.95. The van der Waals surface area contributed by atoms with Crippen LogP contribution in [0.3, 0.4) is 0 Å². The molecule has 2 atom stereocenters. The molecule has 2 unspecified atom stereocenters. The van der Waals surface area contributed by atoms with Crippen molar-refractivity contribution < 1.29 is 4.79 Å². The molecule has 0 spiro atoms. The minimum Gasteiger partial charge on any atom is -0.326 e. The number of amides is 1. The fraction of sp³-hybridized carbons (Fsp3) is 0.500. The van der Waals surface area contributed by atoms with Crippen molar-refractivity contribution in [3.63, 3.8) is 0 Å². The molecule has 0 radical (unpaired) electrons. The van der Waals surface area contributed by atoms with E-state index in [0.29, 0.717) is 5.92 Å². The van der Waals surface area contributed by atoms with Gasteiger partial charge < -0.3 is 5.32 Å². The van der Waals surface area contributed by atoms with Gasteiger partial charge >= 0.3 is 0 Å². The maximum absolute atomic E-state index is 12.2. The van der Waals surface area contributed by atoms with Crippen molar-refractivity contribution in [3.8, 4) is 0 Å². The first-order valence-electron chi connectivity index (χ1n) is 6.23. The molecule has 0 bridgehead atoms. The van der Waals surface area contributed by atoms with E-state index in [1.54, 1.807) is 0 Å². The summed E-state index contributed by atoms with van der Waals surface area (Å²) in [6, 6.07) is 9.71. The molecule has 1 aromatic rings. The van der Waals surface area contributed by atoms with Gasteiger partial charge in [-0.2, -0.15) is 0 Å². The highest BCUT2D eigenvalue weighted by atomic mass is 79.9. The summed E-state index contributed by atoms with van der Waals surface area (Å²) in [7, 11) is 0. The average Bonchev–Trinajstić information content (AvgIpc) is 2.40. The highest BCUT2D eigenvalue weighted by Gasteiger charge is 2.29. The Balaban J connectivity index is 1.99. The molecule has 2 rings (SSSR count). The minimum atomic E-state index is 0.170. The second-order valence-electron chi connectivity index (χ2n) is 4.66. The van der Waals surface area contributed by atoms with Crippen molar-refractivity contribution in [2.24, 2.45) is 11.8 Å². The minimum absolute atomic E-state index is 0.170. The van der Waals surface area contributed by atoms with Crippen molar-refractivity contribution in [2.75, 3.05) is 10.6 Å². The Morgan fingerprint density at radius 2 is 1.94 bits per heavy atom. The van der Waals surface area contributed by atoms with Crippen LogP contribution < -0.4 is 5.32 Å². The van der Waals surface area contributed by atoms with E-state index < -0.39 is 0 Å². The van der Waals surface area contributed by atoms with Crippen molar-refractivity contribution in [1.82, 2.24) is 0 Å². The van der Waals surface area contributed by atoms with Gasteiger partial charge in [0.15, 0.2) is 0 Å². The molecule has 1 amide bonds. The number of carbonyl (C=O) groups is 1. The lowest BCUT2D eigenvalue weighted by molar-refractivity contribution is -0.122. The molecule has 0 saturated heterocycles. The first kappa shape index (κ1) is 12.6. The van der Waals surface area contributed by atoms with E-state index >= 15 is 0 Å². The molecule has 0 heterocycles. The molecule has 1 aromatic carbocycles. The summed E-state index contributed by atoms with van der Waals surface area (Å²) >= 11 is 3.53. The van der Waals surface area contributed by atoms with Crippen LogP contribution in [0.5, 0.6) is 0 Å². The zero-order chi connectivity index (χ0) is 12.1. The molecule has 2 nitrogen and oxygen atoms in total. The number of para-hydroxylation sites is 1. The molecule has 1 saturated carbocycles. The molecule has 3 heteroatoms. The van der Waals surface area contributed by atoms with Gasteiger partial charge in [0, 0.05) is 16.9 Å². The fourth-order valence-electron chi connectivity index (χ4n) is 2.49. The van der Waals surface area contributed by atoms with Gasteiger partial charge in [0.05, 0.1) is 0 Å². The van der Waals surface area contributed by atoms with Crippen molar-refractivity contribution >= 4 is 27.5 Å². The van der Waals surface area contributed by atoms with E-state index in [-0.39, 0.29) is 11.8 Å². The smallest absolute Gasteiger partial charge is 0.227 e.